The molecule has 25 heavy (non-hydrogen) atoms. The van der Waals surface area contributed by atoms with E-state index >= 15 is 0 Å². The van der Waals surface area contributed by atoms with Crippen LogP contribution < -0.4 is 5.32 Å². The predicted octanol–water partition coefficient (Wildman–Crippen LogP) is 5.98. The van der Waals surface area contributed by atoms with Crippen LogP contribution in [0.2, 0.25) is 0 Å². The Labute approximate surface area is 152 Å². The summed E-state index contributed by atoms with van der Waals surface area (Å²) in [5, 5.41) is 4.23. The Morgan fingerprint density at radius 3 is 2.56 bits per heavy atom. The standard InChI is InChI=1S/C23H19NS/c1-23(2)17-9-5-3-7-13(17)15-12-19-16(11-18(15)23)21-14-8-4-6-10-20(14)25-22(21)24-19/h3-12,21-22,24H,1-2H3. The summed E-state index contributed by atoms with van der Waals surface area (Å²) >= 11 is 1.98. The van der Waals surface area contributed by atoms with Gasteiger partial charge in [-0.3, -0.25) is 0 Å². The van der Waals surface area contributed by atoms with Crippen molar-refractivity contribution in [1.82, 2.24) is 0 Å². The van der Waals surface area contributed by atoms with E-state index in [2.05, 4.69) is 79.8 Å². The third-order valence-electron chi connectivity index (χ3n) is 6.20. The molecule has 2 atom stereocenters. The molecule has 3 aliphatic rings. The maximum absolute atomic E-state index is 3.79. The van der Waals surface area contributed by atoms with Gasteiger partial charge >= 0.3 is 0 Å². The minimum absolute atomic E-state index is 0.0737. The summed E-state index contributed by atoms with van der Waals surface area (Å²) in [7, 11) is 0. The van der Waals surface area contributed by atoms with E-state index in [4.69, 9.17) is 0 Å². The van der Waals surface area contributed by atoms with Crippen molar-refractivity contribution in [2.75, 3.05) is 5.32 Å². The van der Waals surface area contributed by atoms with E-state index in [0.29, 0.717) is 11.3 Å². The van der Waals surface area contributed by atoms with E-state index in [9.17, 15) is 0 Å². The number of hydrogen-bond donors (Lipinski definition) is 1. The van der Waals surface area contributed by atoms with Gasteiger partial charge in [0.15, 0.2) is 0 Å². The third-order valence-corrected chi connectivity index (χ3v) is 7.47. The van der Waals surface area contributed by atoms with Crippen LogP contribution in [0.5, 0.6) is 0 Å². The molecule has 0 bridgehead atoms. The van der Waals surface area contributed by atoms with Crippen LogP contribution in [0.15, 0.2) is 65.6 Å². The van der Waals surface area contributed by atoms with Crippen LogP contribution in [0, 0.1) is 0 Å². The van der Waals surface area contributed by atoms with Gasteiger partial charge in [0.2, 0.25) is 0 Å². The molecule has 1 aliphatic carbocycles. The highest BCUT2D eigenvalue weighted by Crippen LogP contribution is 2.57. The number of anilines is 1. The van der Waals surface area contributed by atoms with Gasteiger partial charge in [-0.05, 0) is 45.5 Å². The second-order valence-corrected chi connectivity index (χ2v) is 9.04. The summed E-state index contributed by atoms with van der Waals surface area (Å²) < 4.78 is 0. The largest absolute Gasteiger partial charge is 0.372 e. The van der Waals surface area contributed by atoms with Gasteiger partial charge in [-0.25, -0.2) is 0 Å². The molecule has 3 aromatic carbocycles. The lowest BCUT2D eigenvalue weighted by Crippen LogP contribution is -2.15. The fraction of sp³-hybridized carbons (Fsp3) is 0.217. The van der Waals surface area contributed by atoms with Gasteiger partial charge in [-0.2, -0.15) is 0 Å². The highest BCUT2D eigenvalue weighted by Gasteiger charge is 2.43. The lowest BCUT2D eigenvalue weighted by atomic mass is 9.80. The van der Waals surface area contributed by atoms with Crippen LogP contribution in [-0.2, 0) is 5.41 Å². The number of hydrogen-bond acceptors (Lipinski definition) is 2. The molecule has 0 amide bonds. The summed E-state index contributed by atoms with van der Waals surface area (Å²) in [4.78, 5) is 1.43. The molecule has 1 nitrogen and oxygen atoms in total. The first-order valence-electron chi connectivity index (χ1n) is 8.95. The molecule has 2 unspecified atom stereocenters. The first-order chi connectivity index (χ1) is 12.1. The number of benzene rings is 3. The van der Waals surface area contributed by atoms with Crippen molar-refractivity contribution in [2.24, 2.45) is 0 Å². The smallest absolute Gasteiger partial charge is 0.0879 e. The molecule has 6 rings (SSSR count). The van der Waals surface area contributed by atoms with Crippen molar-refractivity contribution < 1.29 is 0 Å². The Morgan fingerprint density at radius 2 is 1.64 bits per heavy atom. The molecule has 1 N–H and O–H groups in total. The number of nitrogens with one attached hydrogen (secondary N) is 1. The lowest BCUT2D eigenvalue weighted by Gasteiger charge is -2.22. The van der Waals surface area contributed by atoms with E-state index in [1.54, 1.807) is 0 Å². The number of thioether (sulfide) groups is 1. The quantitative estimate of drug-likeness (QED) is 0.539. The summed E-state index contributed by atoms with van der Waals surface area (Å²) in [6, 6.07) is 22.7. The van der Waals surface area contributed by atoms with Crippen LogP contribution >= 0.6 is 11.8 Å². The molecule has 0 spiro atoms. The number of rotatable bonds is 0. The molecule has 2 heteroatoms. The monoisotopic (exact) mass is 341 g/mol. The molecule has 0 saturated carbocycles. The van der Waals surface area contributed by atoms with E-state index in [-0.39, 0.29) is 5.41 Å². The van der Waals surface area contributed by atoms with E-state index in [1.165, 1.54) is 44.0 Å². The van der Waals surface area contributed by atoms with Crippen molar-refractivity contribution in [2.45, 2.75) is 35.4 Å². The first kappa shape index (κ1) is 14.0. The average Bonchev–Trinajstić information content (AvgIpc) is 3.21. The van der Waals surface area contributed by atoms with Crippen molar-refractivity contribution >= 4 is 17.4 Å². The van der Waals surface area contributed by atoms with Gasteiger partial charge in [0.25, 0.3) is 0 Å². The van der Waals surface area contributed by atoms with Crippen molar-refractivity contribution in [3.63, 3.8) is 0 Å². The fourth-order valence-electron chi connectivity index (χ4n) is 4.96. The molecular formula is C23H19NS. The zero-order valence-electron chi connectivity index (χ0n) is 14.3. The normalized spacial score (nSPS) is 23.3. The maximum atomic E-state index is 3.79. The van der Waals surface area contributed by atoms with Gasteiger partial charge in [0.05, 0.1) is 5.37 Å². The SMILES string of the molecule is CC1(C)c2ccccc2-c2cc3c(cc21)C1c2ccccc2SC1N3. The third kappa shape index (κ3) is 1.66. The lowest BCUT2D eigenvalue weighted by molar-refractivity contribution is 0.659. The molecular weight excluding hydrogens is 322 g/mol. The first-order valence-corrected chi connectivity index (χ1v) is 9.83. The van der Waals surface area contributed by atoms with E-state index in [0.717, 1.165) is 0 Å². The highest BCUT2D eigenvalue weighted by atomic mass is 32.2. The molecule has 0 radical (unpaired) electrons. The van der Waals surface area contributed by atoms with E-state index < -0.39 is 0 Å². The molecule has 0 saturated heterocycles. The van der Waals surface area contributed by atoms with Crippen LogP contribution in [-0.4, -0.2) is 5.37 Å². The van der Waals surface area contributed by atoms with Crippen molar-refractivity contribution in [3.8, 4) is 11.1 Å². The minimum atomic E-state index is 0.0737. The van der Waals surface area contributed by atoms with Crippen LogP contribution in [0.25, 0.3) is 11.1 Å². The van der Waals surface area contributed by atoms with Gasteiger partial charge in [-0.1, -0.05) is 62.4 Å². The topological polar surface area (TPSA) is 12.0 Å². The Hall–Kier alpha value is -2.19. The Kier molecular flexibility index (Phi) is 2.53. The summed E-state index contributed by atoms with van der Waals surface area (Å²) in [6.07, 6.45) is 0. The van der Waals surface area contributed by atoms with E-state index in [1.807, 2.05) is 11.8 Å². The number of fused-ring (bicyclic) bond motifs is 8. The van der Waals surface area contributed by atoms with Crippen LogP contribution in [0.4, 0.5) is 5.69 Å². The molecule has 2 aliphatic heterocycles. The van der Waals surface area contributed by atoms with Gasteiger partial charge in [0.1, 0.15) is 0 Å². The van der Waals surface area contributed by atoms with Gasteiger partial charge in [0, 0.05) is 21.9 Å². The summed E-state index contributed by atoms with van der Waals surface area (Å²) in [6.45, 7) is 4.72. The van der Waals surface area contributed by atoms with Crippen molar-refractivity contribution in [1.29, 1.82) is 0 Å². The summed E-state index contributed by atoms with van der Waals surface area (Å²) in [5.74, 6) is 0.473. The Balaban J connectivity index is 1.59. The zero-order chi connectivity index (χ0) is 16.8. The van der Waals surface area contributed by atoms with Crippen LogP contribution in [0.1, 0.15) is 42.0 Å². The zero-order valence-corrected chi connectivity index (χ0v) is 15.2. The fourth-order valence-corrected chi connectivity index (χ4v) is 6.33. The second-order valence-electron chi connectivity index (χ2n) is 7.85. The Morgan fingerprint density at radius 1 is 0.840 bits per heavy atom. The van der Waals surface area contributed by atoms with Gasteiger partial charge in [-0.15, -0.1) is 11.8 Å². The minimum Gasteiger partial charge on any atom is -0.372 e. The predicted molar refractivity (Wildman–Crippen MR) is 106 cm³/mol. The highest BCUT2D eigenvalue weighted by molar-refractivity contribution is 8.00. The van der Waals surface area contributed by atoms with Gasteiger partial charge < -0.3 is 5.32 Å². The summed E-state index contributed by atoms with van der Waals surface area (Å²) in [5.41, 5.74) is 10.1. The second kappa shape index (κ2) is 4.50. The van der Waals surface area contributed by atoms with Crippen molar-refractivity contribution in [3.05, 3.63) is 82.9 Å². The molecule has 122 valence electrons. The molecule has 0 aromatic heterocycles. The molecule has 2 heterocycles. The molecule has 3 aromatic rings. The Bertz CT molecular complexity index is 1050. The maximum Gasteiger partial charge on any atom is 0.0879 e. The van der Waals surface area contributed by atoms with Crippen LogP contribution in [0.3, 0.4) is 0 Å². The molecule has 0 fully saturated rings. The average molecular weight is 341 g/mol.